The van der Waals surface area contributed by atoms with Gasteiger partial charge in [0.25, 0.3) is 0 Å². The molecule has 0 fully saturated rings. The molecular formula is C10H12ClNO4. The van der Waals surface area contributed by atoms with Crippen molar-refractivity contribution in [3.05, 3.63) is 28.8 Å². The largest absolute Gasteiger partial charge is 0.497 e. The molecule has 0 spiro atoms. The van der Waals surface area contributed by atoms with Crippen molar-refractivity contribution in [2.75, 3.05) is 7.11 Å². The lowest BCUT2D eigenvalue weighted by Crippen LogP contribution is -2.33. The Bertz CT molecular complexity index is 396. The van der Waals surface area contributed by atoms with Crippen LogP contribution in [0.15, 0.2) is 18.2 Å². The molecule has 0 radical (unpaired) electrons. The highest BCUT2D eigenvalue weighted by atomic mass is 35.5. The van der Waals surface area contributed by atoms with Gasteiger partial charge in [-0.25, -0.2) is 0 Å². The molecule has 0 saturated heterocycles. The zero-order chi connectivity index (χ0) is 12.3. The van der Waals surface area contributed by atoms with Gasteiger partial charge in [0.2, 0.25) is 5.91 Å². The van der Waals surface area contributed by atoms with E-state index in [0.717, 1.165) is 0 Å². The Labute approximate surface area is 97.4 Å². The molecule has 5 nitrogen and oxygen atoms in total. The van der Waals surface area contributed by atoms with Crippen molar-refractivity contribution in [3.8, 4) is 5.75 Å². The number of rotatable bonds is 4. The zero-order valence-electron chi connectivity index (χ0n) is 8.55. The van der Waals surface area contributed by atoms with Gasteiger partial charge >= 0.3 is 0 Å². The molecule has 2 unspecified atom stereocenters. The number of carbonyl (C=O) groups excluding carboxylic acids is 1. The summed E-state index contributed by atoms with van der Waals surface area (Å²) in [4.78, 5) is 10.7. The lowest BCUT2D eigenvalue weighted by atomic mass is 10.0. The lowest BCUT2D eigenvalue weighted by molar-refractivity contribution is -0.131. The van der Waals surface area contributed by atoms with Crippen molar-refractivity contribution >= 4 is 17.5 Å². The van der Waals surface area contributed by atoms with Crippen LogP contribution < -0.4 is 10.5 Å². The lowest BCUT2D eigenvalue weighted by Gasteiger charge is -2.16. The topological polar surface area (TPSA) is 92.8 Å². The van der Waals surface area contributed by atoms with Gasteiger partial charge in [0, 0.05) is 5.56 Å². The minimum atomic E-state index is -1.69. The molecule has 0 aliphatic carbocycles. The number of aliphatic hydroxyl groups is 2. The molecule has 0 saturated carbocycles. The van der Waals surface area contributed by atoms with Crippen LogP contribution in [0.2, 0.25) is 5.02 Å². The third kappa shape index (κ3) is 2.63. The van der Waals surface area contributed by atoms with E-state index in [-0.39, 0.29) is 10.6 Å². The van der Waals surface area contributed by atoms with Crippen LogP contribution in [-0.4, -0.2) is 29.3 Å². The van der Waals surface area contributed by atoms with Crippen molar-refractivity contribution in [2.45, 2.75) is 12.2 Å². The maximum absolute atomic E-state index is 10.7. The first kappa shape index (κ1) is 12.8. The van der Waals surface area contributed by atoms with Gasteiger partial charge < -0.3 is 20.7 Å². The van der Waals surface area contributed by atoms with Crippen LogP contribution in [0.4, 0.5) is 0 Å². The molecule has 1 aromatic rings. The number of ether oxygens (including phenoxy) is 1. The average molecular weight is 246 g/mol. The highest BCUT2D eigenvalue weighted by molar-refractivity contribution is 6.31. The van der Waals surface area contributed by atoms with Crippen molar-refractivity contribution in [1.29, 1.82) is 0 Å². The van der Waals surface area contributed by atoms with E-state index in [0.29, 0.717) is 5.75 Å². The second-order valence-electron chi connectivity index (χ2n) is 3.18. The Balaban J connectivity index is 3.00. The summed E-state index contributed by atoms with van der Waals surface area (Å²) < 4.78 is 4.92. The van der Waals surface area contributed by atoms with Crippen molar-refractivity contribution in [3.63, 3.8) is 0 Å². The van der Waals surface area contributed by atoms with Gasteiger partial charge in [0.1, 0.15) is 11.9 Å². The molecule has 4 N–H and O–H groups in total. The number of aliphatic hydroxyl groups excluding tert-OH is 2. The van der Waals surface area contributed by atoms with E-state index >= 15 is 0 Å². The molecule has 0 heterocycles. The number of amides is 1. The van der Waals surface area contributed by atoms with Crippen LogP contribution in [0.5, 0.6) is 5.75 Å². The highest BCUT2D eigenvalue weighted by Gasteiger charge is 2.25. The first-order valence-electron chi connectivity index (χ1n) is 4.46. The van der Waals surface area contributed by atoms with Crippen LogP contribution in [-0.2, 0) is 4.79 Å². The van der Waals surface area contributed by atoms with Crippen molar-refractivity contribution in [1.82, 2.24) is 0 Å². The average Bonchev–Trinajstić information content (AvgIpc) is 2.26. The van der Waals surface area contributed by atoms with Gasteiger partial charge in [-0.3, -0.25) is 4.79 Å². The maximum Gasteiger partial charge on any atom is 0.249 e. The fourth-order valence-electron chi connectivity index (χ4n) is 1.20. The van der Waals surface area contributed by atoms with E-state index in [1.807, 2.05) is 0 Å². The van der Waals surface area contributed by atoms with Crippen LogP contribution in [0.1, 0.15) is 11.7 Å². The molecule has 0 aliphatic rings. The van der Waals surface area contributed by atoms with Gasteiger partial charge in [-0.15, -0.1) is 0 Å². The molecule has 1 rings (SSSR count). The summed E-state index contributed by atoms with van der Waals surface area (Å²) in [6.07, 6.45) is -3.14. The number of hydrogen-bond donors (Lipinski definition) is 3. The van der Waals surface area contributed by atoms with E-state index in [4.69, 9.17) is 22.1 Å². The molecule has 16 heavy (non-hydrogen) atoms. The van der Waals surface area contributed by atoms with Crippen LogP contribution >= 0.6 is 11.6 Å². The summed E-state index contributed by atoms with van der Waals surface area (Å²) in [6.45, 7) is 0. The highest BCUT2D eigenvalue weighted by Crippen LogP contribution is 2.28. The molecule has 0 aliphatic heterocycles. The summed E-state index contributed by atoms with van der Waals surface area (Å²) in [6, 6.07) is 4.48. The zero-order valence-corrected chi connectivity index (χ0v) is 9.31. The molecule has 88 valence electrons. The Morgan fingerprint density at radius 3 is 2.56 bits per heavy atom. The van der Waals surface area contributed by atoms with E-state index < -0.39 is 18.1 Å². The molecule has 1 aromatic carbocycles. The fraction of sp³-hybridized carbons (Fsp3) is 0.300. The van der Waals surface area contributed by atoms with Gasteiger partial charge in [-0.05, 0) is 12.1 Å². The Kier molecular flexibility index (Phi) is 4.12. The first-order chi connectivity index (χ1) is 7.47. The second kappa shape index (κ2) is 5.16. The third-order valence-electron chi connectivity index (χ3n) is 2.12. The van der Waals surface area contributed by atoms with Crippen molar-refractivity contribution in [2.24, 2.45) is 5.73 Å². The quantitative estimate of drug-likeness (QED) is 0.708. The van der Waals surface area contributed by atoms with Gasteiger partial charge in [-0.1, -0.05) is 17.7 Å². The number of hydrogen-bond acceptors (Lipinski definition) is 4. The number of primary amides is 1. The van der Waals surface area contributed by atoms with Gasteiger partial charge in [-0.2, -0.15) is 0 Å². The molecule has 2 atom stereocenters. The fourth-order valence-corrected chi connectivity index (χ4v) is 1.48. The van der Waals surface area contributed by atoms with E-state index in [9.17, 15) is 15.0 Å². The predicted octanol–water partition coefficient (Wildman–Crippen LogP) is 0.228. The molecular weight excluding hydrogens is 234 g/mol. The number of halogens is 1. The number of carbonyl (C=O) groups is 1. The Morgan fingerprint density at radius 2 is 2.12 bits per heavy atom. The summed E-state index contributed by atoms with van der Waals surface area (Å²) >= 11 is 5.85. The summed E-state index contributed by atoms with van der Waals surface area (Å²) in [7, 11) is 1.47. The SMILES string of the molecule is COc1ccc(C(O)C(O)C(N)=O)c(Cl)c1. The second-order valence-corrected chi connectivity index (χ2v) is 3.59. The van der Waals surface area contributed by atoms with Gasteiger partial charge in [0.15, 0.2) is 6.10 Å². The summed E-state index contributed by atoms with van der Waals surface area (Å²) in [5, 5.41) is 19.1. The first-order valence-corrected chi connectivity index (χ1v) is 4.84. The van der Waals surface area contributed by atoms with Gasteiger partial charge in [0.05, 0.1) is 12.1 Å². The minimum Gasteiger partial charge on any atom is -0.497 e. The summed E-state index contributed by atoms with van der Waals surface area (Å²) in [5.41, 5.74) is 5.08. The molecule has 6 heteroatoms. The Morgan fingerprint density at radius 1 is 1.50 bits per heavy atom. The minimum absolute atomic E-state index is 0.187. The van der Waals surface area contributed by atoms with E-state index in [1.54, 1.807) is 6.07 Å². The predicted molar refractivity (Wildman–Crippen MR) is 58.2 cm³/mol. The Hall–Kier alpha value is -1.30. The van der Waals surface area contributed by atoms with Crippen LogP contribution in [0, 0.1) is 0 Å². The third-order valence-corrected chi connectivity index (χ3v) is 2.44. The number of nitrogens with two attached hydrogens (primary N) is 1. The molecule has 1 amide bonds. The van der Waals surface area contributed by atoms with Crippen LogP contribution in [0.3, 0.4) is 0 Å². The molecule has 0 aromatic heterocycles. The standard InChI is InChI=1S/C10H12ClNO4/c1-16-5-2-3-6(7(11)4-5)8(13)9(14)10(12)15/h2-4,8-9,13-14H,1H3,(H2,12,15). The number of benzene rings is 1. The molecule has 0 bridgehead atoms. The smallest absolute Gasteiger partial charge is 0.249 e. The monoisotopic (exact) mass is 245 g/mol. The van der Waals surface area contributed by atoms with Crippen molar-refractivity contribution < 1.29 is 19.7 Å². The normalized spacial score (nSPS) is 14.2. The van der Waals surface area contributed by atoms with E-state index in [1.165, 1.54) is 19.2 Å². The number of methoxy groups -OCH3 is 1. The van der Waals surface area contributed by atoms with E-state index in [2.05, 4.69) is 0 Å². The maximum atomic E-state index is 10.7. The van der Waals surface area contributed by atoms with Crippen LogP contribution in [0.25, 0.3) is 0 Å². The summed E-state index contributed by atoms with van der Waals surface area (Å²) in [5.74, 6) is -0.506.